The summed E-state index contributed by atoms with van der Waals surface area (Å²) in [5.41, 5.74) is 3.93. The molecule has 1 aliphatic carbocycles. The minimum Gasteiger partial charge on any atom is -0.465 e. The van der Waals surface area contributed by atoms with Gasteiger partial charge in [0.05, 0.1) is 0 Å². The normalized spacial score (nSPS) is 25.0. The van der Waals surface area contributed by atoms with Crippen molar-refractivity contribution in [2.45, 2.75) is 77.8 Å². The quantitative estimate of drug-likeness (QED) is 0.473. The number of piperidine rings is 2. The molecule has 2 aliphatic heterocycles. The molecule has 3 atom stereocenters. The number of fused-ring (bicyclic) bond motifs is 1. The molecule has 5 rings (SSSR count). The van der Waals surface area contributed by atoms with E-state index in [2.05, 4.69) is 37.8 Å². The van der Waals surface area contributed by atoms with Gasteiger partial charge in [-0.15, -0.1) is 0 Å². The Hall–Kier alpha value is -2.73. The van der Waals surface area contributed by atoms with E-state index in [4.69, 9.17) is 0 Å². The highest BCUT2D eigenvalue weighted by Gasteiger charge is 2.40. The van der Waals surface area contributed by atoms with E-state index >= 15 is 0 Å². The first-order chi connectivity index (χ1) is 18.1. The lowest BCUT2D eigenvalue weighted by atomic mass is 9.75. The van der Waals surface area contributed by atoms with Gasteiger partial charge in [0.2, 0.25) is 0 Å². The second-order valence-corrected chi connectivity index (χ2v) is 12.8. The first kappa shape index (κ1) is 26.9. The number of carbonyl (C=O) groups is 2. The van der Waals surface area contributed by atoms with Crippen molar-refractivity contribution < 1.29 is 19.1 Å². The number of ketones is 1. The van der Waals surface area contributed by atoms with Crippen LogP contribution in [0.1, 0.15) is 85.8 Å². The molecule has 1 N–H and O–H groups in total. The van der Waals surface area contributed by atoms with Gasteiger partial charge in [0.15, 0.2) is 5.78 Å². The molecule has 6 heteroatoms. The minimum absolute atomic E-state index is 0.0226. The largest absolute Gasteiger partial charge is 0.465 e. The maximum Gasteiger partial charge on any atom is 0.407 e. The first-order valence-electron chi connectivity index (χ1n) is 14.2. The van der Waals surface area contributed by atoms with Crippen molar-refractivity contribution in [2.24, 2.45) is 17.3 Å². The van der Waals surface area contributed by atoms with Gasteiger partial charge in [0, 0.05) is 36.2 Å². The summed E-state index contributed by atoms with van der Waals surface area (Å²) in [6.45, 7) is 9.45. The van der Waals surface area contributed by atoms with Crippen LogP contribution in [0.3, 0.4) is 0 Å². The molecule has 3 unspecified atom stereocenters. The number of benzene rings is 2. The van der Waals surface area contributed by atoms with Crippen molar-refractivity contribution in [2.75, 3.05) is 19.6 Å². The van der Waals surface area contributed by atoms with Crippen LogP contribution in [-0.4, -0.2) is 52.5 Å². The van der Waals surface area contributed by atoms with Gasteiger partial charge >= 0.3 is 6.09 Å². The number of rotatable bonds is 5. The maximum atomic E-state index is 14.0. The van der Waals surface area contributed by atoms with E-state index in [1.54, 1.807) is 11.0 Å². The van der Waals surface area contributed by atoms with Crippen LogP contribution >= 0.6 is 0 Å². The van der Waals surface area contributed by atoms with Crippen LogP contribution < -0.4 is 0 Å². The summed E-state index contributed by atoms with van der Waals surface area (Å²) < 4.78 is 14.0. The predicted octanol–water partition coefficient (Wildman–Crippen LogP) is 6.76. The van der Waals surface area contributed by atoms with Gasteiger partial charge in [-0.1, -0.05) is 57.2 Å². The number of carbonyl (C=O) groups excluding carboxylic acids is 1. The smallest absolute Gasteiger partial charge is 0.407 e. The van der Waals surface area contributed by atoms with E-state index in [1.165, 1.54) is 17.2 Å². The van der Waals surface area contributed by atoms with Crippen LogP contribution in [0.25, 0.3) is 0 Å². The molecular weight excluding hydrogens is 479 g/mol. The molecule has 0 bridgehead atoms. The van der Waals surface area contributed by atoms with E-state index in [0.29, 0.717) is 24.9 Å². The molecule has 2 fully saturated rings. The second kappa shape index (κ2) is 10.8. The average Bonchev–Trinajstić information content (AvgIpc) is 3.20. The molecule has 38 heavy (non-hydrogen) atoms. The zero-order chi connectivity index (χ0) is 27.0. The van der Waals surface area contributed by atoms with Crippen molar-refractivity contribution >= 4 is 11.9 Å². The fraction of sp³-hybridized carbons (Fsp3) is 0.562. The van der Waals surface area contributed by atoms with Gasteiger partial charge in [-0.25, -0.2) is 9.18 Å². The van der Waals surface area contributed by atoms with Gasteiger partial charge in [-0.3, -0.25) is 9.69 Å². The van der Waals surface area contributed by atoms with Crippen LogP contribution in [0.4, 0.5) is 9.18 Å². The molecule has 0 radical (unpaired) electrons. The monoisotopic (exact) mass is 520 g/mol. The fourth-order valence-corrected chi connectivity index (χ4v) is 7.01. The summed E-state index contributed by atoms with van der Waals surface area (Å²) in [5.74, 6) is 1.05. The second-order valence-electron chi connectivity index (χ2n) is 12.8. The van der Waals surface area contributed by atoms with Crippen LogP contribution in [0.2, 0.25) is 0 Å². The number of halogens is 1. The average molecular weight is 521 g/mol. The number of amides is 1. The summed E-state index contributed by atoms with van der Waals surface area (Å²) in [4.78, 5) is 29.0. The van der Waals surface area contributed by atoms with Crippen molar-refractivity contribution in [1.82, 2.24) is 9.80 Å². The summed E-state index contributed by atoms with van der Waals surface area (Å²) in [7, 11) is 0. The number of hydrogen-bond donors (Lipinski definition) is 1. The molecule has 2 saturated heterocycles. The van der Waals surface area contributed by atoms with Crippen molar-refractivity contribution in [3.63, 3.8) is 0 Å². The number of nitrogens with zero attached hydrogens (tertiary/aromatic N) is 2. The van der Waals surface area contributed by atoms with Gasteiger partial charge < -0.3 is 10.0 Å². The summed E-state index contributed by atoms with van der Waals surface area (Å²) in [6.07, 6.45) is 4.65. The van der Waals surface area contributed by atoms with E-state index in [-0.39, 0.29) is 29.0 Å². The summed E-state index contributed by atoms with van der Waals surface area (Å²) >= 11 is 0. The SMILES string of the molecule is CC(C)(C)C1CC(c2ccc3c(c2)CC(CC2CCN(Cc4ccccc4F)CC2)C3=O)CCN1C(=O)O. The lowest BCUT2D eigenvalue weighted by molar-refractivity contribution is 0.0525. The Morgan fingerprint density at radius 1 is 1.05 bits per heavy atom. The lowest BCUT2D eigenvalue weighted by Gasteiger charge is -2.44. The highest BCUT2D eigenvalue weighted by atomic mass is 19.1. The molecule has 2 heterocycles. The standard InChI is InChI=1S/C32H41FN2O3/c1-32(2,3)29-19-23(12-15-35(29)31(37)38)22-8-9-27-25(17-22)18-26(30(27)36)16-21-10-13-34(14-11-21)20-24-6-4-5-7-28(24)33/h4-9,17,21,23,26,29H,10-16,18-20H2,1-3H3,(H,37,38). The number of hydrogen-bond acceptors (Lipinski definition) is 3. The molecule has 0 spiro atoms. The molecule has 2 aromatic rings. The maximum absolute atomic E-state index is 14.0. The Morgan fingerprint density at radius 3 is 2.47 bits per heavy atom. The molecule has 0 saturated carbocycles. The van der Waals surface area contributed by atoms with Gasteiger partial charge in [0.1, 0.15) is 5.82 Å². The van der Waals surface area contributed by atoms with E-state index < -0.39 is 6.09 Å². The van der Waals surface area contributed by atoms with Crippen molar-refractivity contribution in [1.29, 1.82) is 0 Å². The predicted molar refractivity (Wildman–Crippen MR) is 147 cm³/mol. The third-order valence-electron chi connectivity index (χ3n) is 9.23. The molecule has 0 aromatic heterocycles. The Bertz CT molecular complexity index is 1180. The number of Topliss-reactive ketones (excluding diaryl/α,β-unsaturated/α-hetero) is 1. The topological polar surface area (TPSA) is 60.9 Å². The third-order valence-corrected chi connectivity index (χ3v) is 9.23. The first-order valence-corrected chi connectivity index (χ1v) is 14.2. The fourth-order valence-electron chi connectivity index (χ4n) is 7.01. The summed E-state index contributed by atoms with van der Waals surface area (Å²) in [6, 6.07) is 13.4. The van der Waals surface area contributed by atoms with E-state index in [9.17, 15) is 19.1 Å². The summed E-state index contributed by atoms with van der Waals surface area (Å²) in [5, 5.41) is 9.71. The zero-order valence-electron chi connectivity index (χ0n) is 23.0. The number of carboxylic acid groups (broad SMARTS) is 1. The van der Waals surface area contributed by atoms with E-state index in [0.717, 1.165) is 62.7 Å². The van der Waals surface area contributed by atoms with Gasteiger partial charge in [0.25, 0.3) is 0 Å². The highest BCUT2D eigenvalue weighted by Crippen LogP contribution is 2.41. The van der Waals surface area contributed by atoms with Gasteiger partial charge in [-0.2, -0.15) is 0 Å². The van der Waals surface area contributed by atoms with Crippen molar-refractivity contribution in [3.8, 4) is 0 Å². The lowest BCUT2D eigenvalue weighted by Crippen LogP contribution is -2.51. The third kappa shape index (κ3) is 5.66. The molecule has 2 aromatic carbocycles. The molecular formula is C32H41FN2O3. The van der Waals surface area contributed by atoms with Crippen LogP contribution in [0.5, 0.6) is 0 Å². The van der Waals surface area contributed by atoms with Crippen LogP contribution in [0, 0.1) is 23.1 Å². The zero-order valence-corrected chi connectivity index (χ0v) is 23.0. The Labute approximate surface area is 226 Å². The highest BCUT2D eigenvalue weighted by molar-refractivity contribution is 6.02. The van der Waals surface area contributed by atoms with Crippen LogP contribution in [0.15, 0.2) is 42.5 Å². The Kier molecular flexibility index (Phi) is 7.63. The minimum atomic E-state index is -0.830. The molecule has 3 aliphatic rings. The molecule has 204 valence electrons. The number of likely N-dealkylation sites (tertiary alicyclic amines) is 2. The van der Waals surface area contributed by atoms with E-state index in [1.807, 2.05) is 18.2 Å². The van der Waals surface area contributed by atoms with Crippen molar-refractivity contribution in [3.05, 3.63) is 70.5 Å². The Morgan fingerprint density at radius 2 is 1.79 bits per heavy atom. The molecule has 5 nitrogen and oxygen atoms in total. The molecule has 1 amide bonds. The Balaban J connectivity index is 1.18. The van der Waals surface area contributed by atoms with Gasteiger partial charge in [-0.05, 0) is 86.1 Å². The van der Waals surface area contributed by atoms with Crippen LogP contribution in [-0.2, 0) is 13.0 Å².